The zero-order chi connectivity index (χ0) is 12.0. The number of ketones is 1. The first kappa shape index (κ1) is 13.4. The molecule has 1 aromatic carbocycles. The van der Waals surface area contributed by atoms with Crippen LogP contribution >= 0.6 is 15.9 Å². The number of rotatable bonds is 6. The van der Waals surface area contributed by atoms with E-state index in [1.54, 1.807) is 0 Å². The maximum atomic E-state index is 11.4. The minimum Gasteiger partial charge on any atom is -0.298 e. The Balaban J connectivity index is 2.42. The van der Waals surface area contributed by atoms with Crippen molar-refractivity contribution in [2.24, 2.45) is 0 Å². The maximum Gasteiger partial charge on any atom is 0.146 e. The van der Waals surface area contributed by atoms with Gasteiger partial charge in [-0.1, -0.05) is 35.0 Å². The van der Waals surface area contributed by atoms with Crippen molar-refractivity contribution in [3.63, 3.8) is 0 Å². The van der Waals surface area contributed by atoms with Gasteiger partial charge in [-0.15, -0.1) is 0 Å². The van der Waals surface area contributed by atoms with Gasteiger partial charge in [-0.3, -0.25) is 9.69 Å². The number of carbonyl (C=O) groups is 1. The molecule has 88 valence electrons. The Morgan fingerprint density at radius 2 is 1.94 bits per heavy atom. The van der Waals surface area contributed by atoms with E-state index < -0.39 is 0 Å². The van der Waals surface area contributed by atoms with Gasteiger partial charge in [0.05, 0.1) is 6.54 Å². The smallest absolute Gasteiger partial charge is 0.146 e. The number of nitrogens with zero attached hydrogens (tertiary/aromatic N) is 1. The largest absolute Gasteiger partial charge is 0.298 e. The van der Waals surface area contributed by atoms with Crippen LogP contribution in [0.5, 0.6) is 0 Å². The Morgan fingerprint density at radius 1 is 1.31 bits per heavy atom. The predicted octanol–water partition coefficient (Wildman–Crippen LogP) is 3.25. The normalized spacial score (nSPS) is 10.8. The lowest BCUT2D eigenvalue weighted by Crippen LogP contribution is -2.25. The molecule has 0 aliphatic rings. The van der Waals surface area contributed by atoms with Gasteiger partial charge in [0.2, 0.25) is 0 Å². The summed E-state index contributed by atoms with van der Waals surface area (Å²) in [6.07, 6.45) is 1.62. The molecule has 0 radical (unpaired) electrons. The summed E-state index contributed by atoms with van der Waals surface area (Å²) in [6.45, 7) is 3.40. The number of halogens is 1. The van der Waals surface area contributed by atoms with Gasteiger partial charge in [0.25, 0.3) is 0 Å². The first-order valence-electron chi connectivity index (χ1n) is 5.56. The van der Waals surface area contributed by atoms with Crippen LogP contribution in [-0.4, -0.2) is 24.3 Å². The van der Waals surface area contributed by atoms with E-state index in [2.05, 4.69) is 33.0 Å². The van der Waals surface area contributed by atoms with E-state index in [1.165, 1.54) is 5.56 Å². The Bertz CT molecular complexity index is 334. The first-order valence-corrected chi connectivity index (χ1v) is 6.35. The average Bonchev–Trinajstić information content (AvgIpc) is 2.21. The van der Waals surface area contributed by atoms with E-state index in [0.29, 0.717) is 18.7 Å². The van der Waals surface area contributed by atoms with Crippen LogP contribution < -0.4 is 0 Å². The molecule has 0 atom stereocenters. The van der Waals surface area contributed by atoms with Crippen LogP contribution in [0.4, 0.5) is 0 Å². The van der Waals surface area contributed by atoms with E-state index in [-0.39, 0.29) is 0 Å². The summed E-state index contributed by atoms with van der Waals surface area (Å²) < 4.78 is 1.08. The molecule has 0 aromatic heterocycles. The molecular formula is C13H18BrNO. The van der Waals surface area contributed by atoms with Gasteiger partial charge in [-0.25, -0.2) is 0 Å². The van der Waals surface area contributed by atoms with Gasteiger partial charge < -0.3 is 0 Å². The molecule has 1 aromatic rings. The van der Waals surface area contributed by atoms with Crippen molar-refractivity contribution in [2.75, 3.05) is 13.6 Å². The van der Waals surface area contributed by atoms with Crippen LogP contribution in [0, 0.1) is 0 Å². The van der Waals surface area contributed by atoms with Gasteiger partial charge in [-0.2, -0.15) is 0 Å². The van der Waals surface area contributed by atoms with Crippen molar-refractivity contribution in [3.8, 4) is 0 Å². The highest BCUT2D eigenvalue weighted by atomic mass is 79.9. The van der Waals surface area contributed by atoms with E-state index in [4.69, 9.17) is 0 Å². The Morgan fingerprint density at radius 3 is 2.50 bits per heavy atom. The summed E-state index contributed by atoms with van der Waals surface area (Å²) in [6, 6.07) is 8.20. The van der Waals surface area contributed by atoms with Crippen molar-refractivity contribution in [2.45, 2.75) is 26.3 Å². The summed E-state index contributed by atoms with van der Waals surface area (Å²) >= 11 is 3.40. The van der Waals surface area contributed by atoms with Crippen LogP contribution in [0.15, 0.2) is 28.7 Å². The molecule has 0 aliphatic heterocycles. The molecule has 0 saturated carbocycles. The Kier molecular flexibility index (Phi) is 5.71. The van der Waals surface area contributed by atoms with Gasteiger partial charge in [0, 0.05) is 17.4 Å². The SMILES string of the molecule is CCCC(=O)CN(C)Cc1ccc(Br)cc1. The van der Waals surface area contributed by atoms with Crippen molar-refractivity contribution in [1.29, 1.82) is 0 Å². The predicted molar refractivity (Wildman–Crippen MR) is 70.4 cm³/mol. The summed E-state index contributed by atoms with van der Waals surface area (Å²) in [5.41, 5.74) is 1.23. The topological polar surface area (TPSA) is 20.3 Å². The molecular weight excluding hydrogens is 266 g/mol. The summed E-state index contributed by atoms with van der Waals surface area (Å²) in [7, 11) is 1.98. The molecule has 16 heavy (non-hydrogen) atoms. The average molecular weight is 284 g/mol. The quantitative estimate of drug-likeness (QED) is 0.799. The lowest BCUT2D eigenvalue weighted by Gasteiger charge is -2.15. The van der Waals surface area contributed by atoms with Gasteiger partial charge in [0.15, 0.2) is 0 Å². The van der Waals surface area contributed by atoms with Crippen molar-refractivity contribution in [3.05, 3.63) is 34.3 Å². The third-order valence-electron chi connectivity index (χ3n) is 2.34. The molecule has 0 amide bonds. The van der Waals surface area contributed by atoms with Crippen LogP contribution in [0.25, 0.3) is 0 Å². The molecule has 1 rings (SSSR count). The van der Waals surface area contributed by atoms with Crippen molar-refractivity contribution < 1.29 is 4.79 Å². The molecule has 0 bridgehead atoms. The molecule has 0 aliphatic carbocycles. The number of carbonyl (C=O) groups excluding carboxylic acids is 1. The molecule has 3 heteroatoms. The number of hydrogen-bond acceptors (Lipinski definition) is 2. The number of likely N-dealkylation sites (N-methyl/N-ethyl adjacent to an activating group) is 1. The summed E-state index contributed by atoms with van der Waals surface area (Å²) in [5.74, 6) is 0.321. The zero-order valence-corrected chi connectivity index (χ0v) is 11.5. The first-order chi connectivity index (χ1) is 7.61. The molecule has 0 spiro atoms. The van der Waals surface area contributed by atoms with Gasteiger partial charge in [0.1, 0.15) is 5.78 Å². The molecule has 2 nitrogen and oxygen atoms in total. The highest BCUT2D eigenvalue weighted by molar-refractivity contribution is 9.10. The van der Waals surface area contributed by atoms with Gasteiger partial charge in [-0.05, 0) is 31.2 Å². The second-order valence-electron chi connectivity index (χ2n) is 4.09. The summed E-state index contributed by atoms with van der Waals surface area (Å²) in [5, 5.41) is 0. The molecule has 0 fully saturated rings. The van der Waals surface area contributed by atoms with Crippen LogP contribution in [0.1, 0.15) is 25.3 Å². The minimum atomic E-state index is 0.321. The molecule has 0 unspecified atom stereocenters. The van der Waals surface area contributed by atoms with E-state index >= 15 is 0 Å². The van der Waals surface area contributed by atoms with E-state index in [1.807, 2.05) is 26.1 Å². The standard InChI is InChI=1S/C13H18BrNO/c1-3-4-13(16)10-15(2)9-11-5-7-12(14)8-6-11/h5-8H,3-4,9-10H2,1-2H3. The van der Waals surface area contributed by atoms with Crippen LogP contribution in [0.2, 0.25) is 0 Å². The van der Waals surface area contributed by atoms with E-state index in [0.717, 1.165) is 17.4 Å². The monoisotopic (exact) mass is 283 g/mol. The fourth-order valence-corrected chi connectivity index (χ4v) is 1.88. The number of benzene rings is 1. The minimum absolute atomic E-state index is 0.321. The van der Waals surface area contributed by atoms with Crippen molar-refractivity contribution in [1.82, 2.24) is 4.90 Å². The summed E-state index contributed by atoms with van der Waals surface area (Å²) in [4.78, 5) is 13.5. The lowest BCUT2D eigenvalue weighted by atomic mass is 10.2. The third kappa shape index (κ3) is 4.90. The lowest BCUT2D eigenvalue weighted by molar-refractivity contribution is -0.120. The zero-order valence-electron chi connectivity index (χ0n) is 9.87. The van der Waals surface area contributed by atoms with E-state index in [9.17, 15) is 4.79 Å². The van der Waals surface area contributed by atoms with Gasteiger partial charge >= 0.3 is 0 Å². The second kappa shape index (κ2) is 6.81. The van der Waals surface area contributed by atoms with Crippen LogP contribution in [0.3, 0.4) is 0 Å². The fourth-order valence-electron chi connectivity index (χ4n) is 1.62. The third-order valence-corrected chi connectivity index (χ3v) is 2.87. The Hall–Kier alpha value is -0.670. The highest BCUT2D eigenvalue weighted by Crippen LogP contribution is 2.11. The highest BCUT2D eigenvalue weighted by Gasteiger charge is 2.06. The second-order valence-corrected chi connectivity index (χ2v) is 5.00. The molecule has 0 N–H and O–H groups in total. The Labute approximate surface area is 106 Å². The number of Topliss-reactive ketones (excluding diaryl/α,β-unsaturated/α-hetero) is 1. The fraction of sp³-hybridized carbons (Fsp3) is 0.462. The number of hydrogen-bond donors (Lipinski definition) is 0. The molecule has 0 saturated heterocycles. The molecule has 0 heterocycles. The maximum absolute atomic E-state index is 11.4. The van der Waals surface area contributed by atoms with Crippen LogP contribution in [-0.2, 0) is 11.3 Å². The van der Waals surface area contributed by atoms with Crippen molar-refractivity contribution >= 4 is 21.7 Å².